The molecule has 0 spiro atoms. The Bertz CT molecular complexity index is 1220. The van der Waals surface area contributed by atoms with Gasteiger partial charge in [0.1, 0.15) is 11.8 Å². The Hall–Kier alpha value is -2.98. The van der Waals surface area contributed by atoms with Crippen LogP contribution >= 0.6 is 11.6 Å². The van der Waals surface area contributed by atoms with Gasteiger partial charge in [0.2, 0.25) is 0 Å². The number of rotatable bonds is 6. The van der Waals surface area contributed by atoms with Crippen LogP contribution in [0.1, 0.15) is 44.4 Å². The first-order chi connectivity index (χ1) is 15.2. The van der Waals surface area contributed by atoms with Gasteiger partial charge in [-0.25, -0.2) is 17.9 Å². The lowest BCUT2D eigenvalue weighted by molar-refractivity contribution is -0.137. The van der Waals surface area contributed by atoms with Crippen LogP contribution in [0.4, 0.5) is 0 Å². The molecule has 9 nitrogen and oxygen atoms in total. The van der Waals surface area contributed by atoms with Crippen LogP contribution in [0.3, 0.4) is 0 Å². The summed E-state index contributed by atoms with van der Waals surface area (Å²) in [6, 6.07) is 6.19. The maximum Gasteiger partial charge on any atom is 0.330 e. The van der Waals surface area contributed by atoms with E-state index in [1.807, 2.05) is 0 Å². The van der Waals surface area contributed by atoms with E-state index >= 15 is 0 Å². The number of hydrogen-bond donors (Lipinski definition) is 0. The molecule has 2 aliphatic heterocycles. The Morgan fingerprint density at radius 1 is 1.25 bits per heavy atom. The number of nitrogens with zero attached hydrogens (tertiary/aromatic N) is 3. The molecule has 1 atom stereocenters. The maximum atomic E-state index is 12.3. The van der Waals surface area contributed by atoms with Crippen LogP contribution in [0.2, 0.25) is 5.15 Å². The standard InChI is InChI=1S/C21H20ClN3O6S/c1-13-15(19(22)25(23-13)14-8-11-32(29,30)12-14)6-7-18(26)31-10-9-24-20(27)16-4-2-3-5-17(16)21(24)28/h2-7,14H,8-12H2,1H3/b7-6+/t14-/m0/s1. The second kappa shape index (κ2) is 8.51. The third-order valence-corrected chi connectivity index (χ3v) is 7.58. The van der Waals surface area contributed by atoms with Crippen molar-refractivity contribution in [2.24, 2.45) is 0 Å². The lowest BCUT2D eigenvalue weighted by atomic mass is 10.1. The second-order valence-corrected chi connectivity index (χ2v) is 10.2. The van der Waals surface area contributed by atoms with Gasteiger partial charge < -0.3 is 4.74 Å². The average Bonchev–Trinajstić information content (AvgIpc) is 3.34. The van der Waals surface area contributed by atoms with Gasteiger partial charge in [-0.3, -0.25) is 14.5 Å². The third-order valence-electron chi connectivity index (χ3n) is 5.45. The first-order valence-corrected chi connectivity index (χ1v) is 12.1. The third kappa shape index (κ3) is 4.20. The highest BCUT2D eigenvalue weighted by Crippen LogP contribution is 2.30. The fourth-order valence-electron chi connectivity index (χ4n) is 3.81. The summed E-state index contributed by atoms with van der Waals surface area (Å²) >= 11 is 6.37. The molecule has 1 fully saturated rings. The van der Waals surface area contributed by atoms with E-state index in [-0.39, 0.29) is 35.9 Å². The Labute approximate surface area is 189 Å². The predicted molar refractivity (Wildman–Crippen MR) is 116 cm³/mol. The highest BCUT2D eigenvalue weighted by Gasteiger charge is 2.35. The number of ether oxygens (including phenoxy) is 1. The molecule has 0 bridgehead atoms. The zero-order valence-corrected chi connectivity index (χ0v) is 18.7. The molecule has 1 aromatic heterocycles. The van der Waals surface area contributed by atoms with Gasteiger partial charge in [-0.2, -0.15) is 5.10 Å². The van der Waals surface area contributed by atoms with Crippen molar-refractivity contribution < 1.29 is 27.5 Å². The molecule has 2 aliphatic rings. The number of hydrogen-bond acceptors (Lipinski definition) is 7. The van der Waals surface area contributed by atoms with Crippen molar-refractivity contribution in [2.45, 2.75) is 19.4 Å². The largest absolute Gasteiger partial charge is 0.461 e. The van der Waals surface area contributed by atoms with Crippen molar-refractivity contribution in [3.8, 4) is 0 Å². The van der Waals surface area contributed by atoms with E-state index in [0.717, 1.165) is 4.90 Å². The van der Waals surface area contributed by atoms with Gasteiger partial charge in [0.05, 0.1) is 40.9 Å². The number of fused-ring (bicyclic) bond motifs is 1. The quantitative estimate of drug-likeness (QED) is 0.355. The molecular formula is C21H20ClN3O6S. The van der Waals surface area contributed by atoms with Crippen molar-refractivity contribution in [3.63, 3.8) is 0 Å². The number of halogens is 1. The van der Waals surface area contributed by atoms with Crippen molar-refractivity contribution in [1.82, 2.24) is 14.7 Å². The molecule has 11 heteroatoms. The summed E-state index contributed by atoms with van der Waals surface area (Å²) in [6.45, 7) is 1.50. The number of sulfone groups is 1. The molecule has 168 valence electrons. The highest BCUT2D eigenvalue weighted by atomic mass is 35.5. The number of aromatic nitrogens is 2. The van der Waals surface area contributed by atoms with E-state index in [0.29, 0.717) is 28.8 Å². The number of imide groups is 1. The topological polar surface area (TPSA) is 116 Å². The minimum atomic E-state index is -3.10. The van der Waals surface area contributed by atoms with Crippen LogP contribution in [0, 0.1) is 6.92 Å². The summed E-state index contributed by atoms with van der Waals surface area (Å²) in [6.07, 6.45) is 3.06. The number of carbonyl (C=O) groups is 3. The van der Waals surface area contributed by atoms with Crippen LogP contribution in [0.15, 0.2) is 30.3 Å². The zero-order valence-electron chi connectivity index (χ0n) is 17.2. The summed E-state index contributed by atoms with van der Waals surface area (Å²) in [4.78, 5) is 37.8. The predicted octanol–water partition coefficient (Wildman–Crippen LogP) is 2.06. The molecule has 32 heavy (non-hydrogen) atoms. The number of benzene rings is 1. The Morgan fingerprint density at radius 3 is 2.50 bits per heavy atom. The van der Waals surface area contributed by atoms with Crippen molar-refractivity contribution in [3.05, 3.63) is 57.9 Å². The Balaban J connectivity index is 1.35. The molecule has 1 aromatic carbocycles. The summed E-state index contributed by atoms with van der Waals surface area (Å²) in [5.41, 5.74) is 1.71. The van der Waals surface area contributed by atoms with E-state index in [4.69, 9.17) is 16.3 Å². The fraction of sp³-hybridized carbons (Fsp3) is 0.333. The molecule has 0 unspecified atom stereocenters. The summed E-state index contributed by atoms with van der Waals surface area (Å²) in [5.74, 6) is -1.43. The molecular weight excluding hydrogens is 458 g/mol. The van der Waals surface area contributed by atoms with Gasteiger partial charge >= 0.3 is 5.97 Å². The SMILES string of the molecule is Cc1nn([C@H]2CCS(=O)(=O)C2)c(Cl)c1/C=C/C(=O)OCCN1C(=O)c2ccccc2C1=O. The molecule has 1 saturated heterocycles. The van der Waals surface area contributed by atoms with E-state index in [1.165, 1.54) is 16.8 Å². The number of esters is 1. The van der Waals surface area contributed by atoms with Crippen molar-refractivity contribution in [1.29, 1.82) is 0 Å². The van der Waals surface area contributed by atoms with Crippen LogP contribution in [-0.2, 0) is 19.4 Å². The van der Waals surface area contributed by atoms with Crippen molar-refractivity contribution in [2.75, 3.05) is 24.7 Å². The van der Waals surface area contributed by atoms with Crippen LogP contribution in [0.5, 0.6) is 0 Å². The molecule has 2 aromatic rings. The van der Waals surface area contributed by atoms with Gasteiger partial charge in [0.15, 0.2) is 9.84 Å². The lowest BCUT2D eigenvalue weighted by Crippen LogP contribution is -2.33. The number of amides is 2. The van der Waals surface area contributed by atoms with Gasteiger partial charge in [-0.05, 0) is 31.6 Å². The van der Waals surface area contributed by atoms with E-state index in [1.54, 1.807) is 31.2 Å². The Morgan fingerprint density at radius 2 is 1.91 bits per heavy atom. The van der Waals surface area contributed by atoms with Gasteiger partial charge in [-0.1, -0.05) is 23.7 Å². The van der Waals surface area contributed by atoms with Crippen LogP contribution in [0.25, 0.3) is 6.08 Å². The normalized spacial score (nSPS) is 19.7. The second-order valence-electron chi connectivity index (χ2n) is 7.60. The van der Waals surface area contributed by atoms with Crippen LogP contribution < -0.4 is 0 Å². The molecule has 2 amide bonds. The van der Waals surface area contributed by atoms with Crippen LogP contribution in [-0.4, -0.2) is 65.5 Å². The summed E-state index contributed by atoms with van der Waals surface area (Å²) in [5, 5.41) is 4.57. The lowest BCUT2D eigenvalue weighted by Gasteiger charge is -2.13. The van der Waals surface area contributed by atoms with E-state index in [9.17, 15) is 22.8 Å². The molecule has 0 N–H and O–H groups in total. The van der Waals surface area contributed by atoms with Gasteiger partial charge in [0, 0.05) is 11.6 Å². The first kappa shape index (κ1) is 22.2. The van der Waals surface area contributed by atoms with Crippen molar-refractivity contribution >= 4 is 45.3 Å². The minimum absolute atomic E-state index is 0.0170. The summed E-state index contributed by atoms with van der Waals surface area (Å²) < 4.78 is 30.1. The highest BCUT2D eigenvalue weighted by molar-refractivity contribution is 7.91. The summed E-state index contributed by atoms with van der Waals surface area (Å²) in [7, 11) is -3.10. The molecule has 3 heterocycles. The smallest absolute Gasteiger partial charge is 0.330 e. The minimum Gasteiger partial charge on any atom is -0.461 e. The average molecular weight is 478 g/mol. The van der Waals surface area contributed by atoms with E-state index < -0.39 is 27.6 Å². The number of carbonyl (C=O) groups excluding carboxylic acids is 3. The fourth-order valence-corrected chi connectivity index (χ4v) is 5.88. The monoisotopic (exact) mass is 477 g/mol. The number of aryl methyl sites for hydroxylation is 1. The molecule has 0 radical (unpaired) electrons. The van der Waals surface area contributed by atoms with Gasteiger partial charge in [0.25, 0.3) is 11.8 Å². The van der Waals surface area contributed by atoms with E-state index in [2.05, 4.69) is 5.10 Å². The zero-order chi connectivity index (χ0) is 23.0. The van der Waals surface area contributed by atoms with Gasteiger partial charge in [-0.15, -0.1) is 0 Å². The Kier molecular flexibility index (Phi) is 5.91. The molecule has 4 rings (SSSR count). The first-order valence-electron chi connectivity index (χ1n) is 9.93. The molecule has 0 aliphatic carbocycles. The molecule has 0 saturated carbocycles. The maximum absolute atomic E-state index is 12.3.